The highest BCUT2D eigenvalue weighted by Crippen LogP contribution is 2.54. The lowest BCUT2D eigenvalue weighted by Gasteiger charge is -2.22. The van der Waals surface area contributed by atoms with Gasteiger partial charge in [0.15, 0.2) is 0 Å². The first-order valence-corrected chi connectivity index (χ1v) is 4.45. The Kier molecular flexibility index (Phi) is 1.69. The molecule has 2 rings (SSSR count). The number of piperidine rings is 1. The quantitative estimate of drug-likeness (QED) is 0.585. The topological polar surface area (TPSA) is 12.5 Å². The predicted molar refractivity (Wildman–Crippen MR) is 44.4 cm³/mol. The predicted octanol–water partition coefficient (Wildman–Crippen LogP) is 0.829. The van der Waals surface area contributed by atoms with E-state index in [2.05, 4.69) is 18.9 Å². The summed E-state index contributed by atoms with van der Waals surface area (Å²) < 4.78 is 5.20. The van der Waals surface area contributed by atoms with Gasteiger partial charge in [0.2, 0.25) is 0 Å². The molecular formula is C9H17NO. The van der Waals surface area contributed by atoms with Crippen molar-refractivity contribution in [3.8, 4) is 0 Å². The second kappa shape index (κ2) is 2.46. The maximum Gasteiger partial charge on any atom is 0.0620 e. The molecule has 1 aliphatic heterocycles. The van der Waals surface area contributed by atoms with Crippen molar-refractivity contribution in [2.45, 2.75) is 13.0 Å². The molecule has 11 heavy (non-hydrogen) atoms. The van der Waals surface area contributed by atoms with Gasteiger partial charge in [-0.05, 0) is 24.8 Å². The van der Waals surface area contributed by atoms with Crippen LogP contribution in [0.2, 0.25) is 0 Å². The van der Waals surface area contributed by atoms with Crippen LogP contribution in [0.3, 0.4) is 0 Å². The van der Waals surface area contributed by atoms with Crippen LogP contribution in [0.1, 0.15) is 6.92 Å². The van der Waals surface area contributed by atoms with Crippen LogP contribution in [0.5, 0.6) is 0 Å². The molecule has 0 aromatic rings. The second-order valence-corrected chi connectivity index (χ2v) is 4.06. The van der Waals surface area contributed by atoms with Gasteiger partial charge in [-0.15, -0.1) is 0 Å². The van der Waals surface area contributed by atoms with Crippen molar-refractivity contribution in [2.75, 3.05) is 27.3 Å². The number of likely N-dealkylation sites (tertiary alicyclic amines) is 1. The molecular weight excluding hydrogens is 138 g/mol. The Bertz CT molecular complexity index is 160. The fraction of sp³-hybridized carbons (Fsp3) is 1.00. The summed E-state index contributed by atoms with van der Waals surface area (Å²) in [6, 6.07) is 0.708. The highest BCUT2D eigenvalue weighted by Gasteiger charge is 2.57. The lowest BCUT2D eigenvalue weighted by molar-refractivity contribution is 0.109. The van der Waals surface area contributed by atoms with Crippen LogP contribution >= 0.6 is 0 Å². The first-order chi connectivity index (χ1) is 5.25. The molecule has 0 bridgehead atoms. The smallest absolute Gasteiger partial charge is 0.0620 e. The van der Waals surface area contributed by atoms with Gasteiger partial charge in [-0.25, -0.2) is 0 Å². The Labute approximate surface area is 68.5 Å². The molecule has 2 nitrogen and oxygen atoms in total. The van der Waals surface area contributed by atoms with Crippen LogP contribution < -0.4 is 0 Å². The zero-order chi connectivity index (χ0) is 8.01. The van der Waals surface area contributed by atoms with Crippen LogP contribution in [0, 0.1) is 17.8 Å². The highest BCUT2D eigenvalue weighted by atomic mass is 16.5. The van der Waals surface area contributed by atoms with E-state index in [1.54, 1.807) is 7.11 Å². The van der Waals surface area contributed by atoms with Gasteiger partial charge in [0, 0.05) is 19.7 Å². The summed E-state index contributed by atoms with van der Waals surface area (Å²) >= 11 is 0. The van der Waals surface area contributed by atoms with Gasteiger partial charge < -0.3 is 9.64 Å². The number of ether oxygens (including phenoxy) is 1. The van der Waals surface area contributed by atoms with E-state index in [0.717, 1.165) is 24.4 Å². The summed E-state index contributed by atoms with van der Waals surface area (Å²) in [4.78, 5) is 2.44. The van der Waals surface area contributed by atoms with Crippen LogP contribution in [0.15, 0.2) is 0 Å². The number of hydrogen-bond donors (Lipinski definition) is 0. The average Bonchev–Trinajstić information content (AvgIpc) is 2.40. The molecule has 64 valence electrons. The van der Waals surface area contributed by atoms with Crippen molar-refractivity contribution in [3.05, 3.63) is 0 Å². The molecule has 2 aliphatic rings. The number of likely N-dealkylation sites (N-methyl/N-ethyl adjacent to an activating group) is 1. The maximum absolute atomic E-state index is 5.20. The highest BCUT2D eigenvalue weighted by molar-refractivity contribution is 5.07. The van der Waals surface area contributed by atoms with Gasteiger partial charge in [-0.2, -0.15) is 0 Å². The SMILES string of the molecule is COC[C@@H]1[C@H]2[C@@H](C)[C@H]2CN1C. The third-order valence-electron chi connectivity index (χ3n) is 3.48. The van der Waals surface area contributed by atoms with Gasteiger partial charge in [0.05, 0.1) is 6.61 Å². The molecule has 0 N–H and O–H groups in total. The minimum atomic E-state index is 0.708. The van der Waals surface area contributed by atoms with E-state index in [-0.39, 0.29) is 0 Å². The summed E-state index contributed by atoms with van der Waals surface area (Å²) in [6.45, 7) is 4.58. The summed E-state index contributed by atoms with van der Waals surface area (Å²) in [6.07, 6.45) is 0. The second-order valence-electron chi connectivity index (χ2n) is 4.06. The molecule has 0 aromatic heterocycles. The monoisotopic (exact) mass is 155 g/mol. The van der Waals surface area contributed by atoms with Crippen molar-refractivity contribution >= 4 is 0 Å². The van der Waals surface area contributed by atoms with Crippen LogP contribution in [0.25, 0.3) is 0 Å². The fourth-order valence-corrected chi connectivity index (χ4v) is 2.67. The lowest BCUT2D eigenvalue weighted by atomic mass is 10.2. The van der Waals surface area contributed by atoms with Crippen molar-refractivity contribution in [3.63, 3.8) is 0 Å². The lowest BCUT2D eigenvalue weighted by Crippen LogP contribution is -2.34. The zero-order valence-electron chi connectivity index (χ0n) is 7.58. The standard InChI is InChI=1S/C9H17NO/c1-6-7-4-10(2)8(5-11-3)9(6)7/h6-9H,4-5H2,1-3H3/t6-,7+,8+,9-/m0/s1. The van der Waals surface area contributed by atoms with Gasteiger partial charge in [0.1, 0.15) is 0 Å². The fourth-order valence-electron chi connectivity index (χ4n) is 2.67. The molecule has 1 heterocycles. The molecule has 0 radical (unpaired) electrons. The number of fused-ring (bicyclic) bond motifs is 1. The summed E-state index contributed by atoms with van der Waals surface area (Å²) in [5.41, 5.74) is 0. The molecule has 1 aliphatic carbocycles. The number of nitrogens with zero attached hydrogens (tertiary/aromatic N) is 1. The van der Waals surface area contributed by atoms with Crippen molar-refractivity contribution in [1.29, 1.82) is 0 Å². The molecule has 1 saturated heterocycles. The molecule has 0 amide bonds. The van der Waals surface area contributed by atoms with Crippen molar-refractivity contribution in [1.82, 2.24) is 4.90 Å². The largest absolute Gasteiger partial charge is 0.383 e. The zero-order valence-corrected chi connectivity index (χ0v) is 7.58. The van der Waals surface area contributed by atoms with E-state index >= 15 is 0 Å². The summed E-state index contributed by atoms with van der Waals surface area (Å²) in [5.74, 6) is 2.89. The van der Waals surface area contributed by atoms with E-state index in [4.69, 9.17) is 4.74 Å². The van der Waals surface area contributed by atoms with E-state index in [1.165, 1.54) is 6.54 Å². The Morgan fingerprint density at radius 3 is 2.82 bits per heavy atom. The summed E-state index contributed by atoms with van der Waals surface area (Å²) in [7, 11) is 4.01. The normalized spacial score (nSPS) is 49.4. The van der Waals surface area contributed by atoms with Crippen molar-refractivity contribution in [2.24, 2.45) is 17.8 Å². The number of hydrogen-bond acceptors (Lipinski definition) is 2. The number of rotatable bonds is 2. The van der Waals surface area contributed by atoms with Gasteiger partial charge >= 0.3 is 0 Å². The maximum atomic E-state index is 5.20. The van der Waals surface area contributed by atoms with E-state index in [0.29, 0.717) is 6.04 Å². The minimum absolute atomic E-state index is 0.708. The third-order valence-corrected chi connectivity index (χ3v) is 3.48. The van der Waals surface area contributed by atoms with Crippen LogP contribution in [0.4, 0.5) is 0 Å². The van der Waals surface area contributed by atoms with Crippen molar-refractivity contribution < 1.29 is 4.74 Å². The van der Waals surface area contributed by atoms with Crippen LogP contribution in [-0.4, -0.2) is 38.3 Å². The molecule has 0 spiro atoms. The average molecular weight is 155 g/mol. The number of methoxy groups -OCH3 is 1. The van der Waals surface area contributed by atoms with Gasteiger partial charge in [0.25, 0.3) is 0 Å². The van der Waals surface area contributed by atoms with E-state index in [1.807, 2.05) is 0 Å². The summed E-state index contributed by atoms with van der Waals surface area (Å²) in [5, 5.41) is 0. The Morgan fingerprint density at radius 1 is 1.55 bits per heavy atom. The van der Waals surface area contributed by atoms with Crippen LogP contribution in [-0.2, 0) is 4.74 Å². The molecule has 0 unspecified atom stereocenters. The molecule has 2 heteroatoms. The molecule has 4 atom stereocenters. The van der Waals surface area contributed by atoms with Gasteiger partial charge in [-0.1, -0.05) is 6.92 Å². The minimum Gasteiger partial charge on any atom is -0.383 e. The Morgan fingerprint density at radius 2 is 2.27 bits per heavy atom. The third kappa shape index (κ3) is 1.00. The first-order valence-electron chi connectivity index (χ1n) is 4.45. The van der Waals surface area contributed by atoms with Gasteiger partial charge in [-0.3, -0.25) is 0 Å². The van der Waals surface area contributed by atoms with E-state index < -0.39 is 0 Å². The Hall–Kier alpha value is -0.0800. The first kappa shape index (κ1) is 7.56. The molecule has 2 fully saturated rings. The Balaban J connectivity index is 1.96. The van der Waals surface area contributed by atoms with E-state index in [9.17, 15) is 0 Å². The molecule has 1 saturated carbocycles. The molecule has 0 aromatic carbocycles.